The molecule has 1 fully saturated rings. The summed E-state index contributed by atoms with van der Waals surface area (Å²) in [5, 5.41) is 14.5. The van der Waals surface area contributed by atoms with Crippen molar-refractivity contribution in [1.82, 2.24) is 10.6 Å². The summed E-state index contributed by atoms with van der Waals surface area (Å²) in [7, 11) is 0. The van der Waals surface area contributed by atoms with E-state index in [9.17, 15) is 18.7 Å². The molecule has 106 valence electrons. The number of carbonyl (C=O) groups is 1. The first kappa shape index (κ1) is 15.3. The van der Waals surface area contributed by atoms with E-state index in [1.807, 2.05) is 13.8 Å². The minimum Gasteiger partial charge on any atom is -0.393 e. The summed E-state index contributed by atoms with van der Waals surface area (Å²) in [6.07, 6.45) is -0.358. The molecule has 1 saturated heterocycles. The van der Waals surface area contributed by atoms with Crippen molar-refractivity contribution in [2.24, 2.45) is 5.41 Å². The van der Waals surface area contributed by atoms with Crippen molar-refractivity contribution in [3.63, 3.8) is 0 Å². The number of carbonyl (C=O) groups excluding carboxylic acids is 1. The third-order valence-corrected chi connectivity index (χ3v) is 3.02. The SMILES string of the molecule is CC(O)CC(C)(C)CNC(=O)C1CC(F)(F)CN1. The Hall–Kier alpha value is -0.750. The molecule has 0 aromatic heterocycles. The predicted octanol–water partition coefficient (Wildman–Crippen LogP) is 0.897. The molecule has 0 spiro atoms. The van der Waals surface area contributed by atoms with Crippen LogP contribution in [0.2, 0.25) is 0 Å². The standard InChI is InChI=1S/C12H22F2N2O2/c1-8(17)4-11(2,3)6-16-10(18)9-5-12(13,14)7-15-9/h8-9,15,17H,4-7H2,1-3H3,(H,16,18). The van der Waals surface area contributed by atoms with E-state index in [1.54, 1.807) is 6.92 Å². The fraction of sp³-hybridized carbons (Fsp3) is 0.917. The van der Waals surface area contributed by atoms with E-state index in [2.05, 4.69) is 10.6 Å². The number of halogens is 2. The molecule has 0 aromatic carbocycles. The number of rotatable bonds is 5. The maximum Gasteiger partial charge on any atom is 0.262 e. The van der Waals surface area contributed by atoms with Crippen LogP contribution in [0.15, 0.2) is 0 Å². The summed E-state index contributed by atoms with van der Waals surface area (Å²) < 4.78 is 25.9. The van der Waals surface area contributed by atoms with Gasteiger partial charge in [-0.1, -0.05) is 13.8 Å². The summed E-state index contributed by atoms with van der Waals surface area (Å²) in [5.41, 5.74) is -0.259. The molecular formula is C12H22F2N2O2. The maximum atomic E-state index is 12.9. The highest BCUT2D eigenvalue weighted by Gasteiger charge is 2.42. The number of amides is 1. The highest BCUT2D eigenvalue weighted by atomic mass is 19.3. The van der Waals surface area contributed by atoms with Gasteiger partial charge in [0.05, 0.1) is 18.7 Å². The van der Waals surface area contributed by atoms with Crippen LogP contribution in [0.5, 0.6) is 0 Å². The lowest BCUT2D eigenvalue weighted by molar-refractivity contribution is -0.124. The van der Waals surface area contributed by atoms with Gasteiger partial charge in [0, 0.05) is 13.0 Å². The largest absolute Gasteiger partial charge is 0.393 e. The Bertz CT molecular complexity index is 306. The summed E-state index contributed by atoms with van der Waals surface area (Å²) >= 11 is 0. The first-order chi connectivity index (χ1) is 8.11. The Balaban J connectivity index is 2.38. The van der Waals surface area contributed by atoms with Crippen LogP contribution in [0.1, 0.15) is 33.6 Å². The molecule has 2 unspecified atom stereocenters. The fourth-order valence-corrected chi connectivity index (χ4v) is 2.22. The van der Waals surface area contributed by atoms with Crippen LogP contribution >= 0.6 is 0 Å². The van der Waals surface area contributed by atoms with E-state index in [-0.39, 0.29) is 5.41 Å². The minimum atomic E-state index is -2.79. The van der Waals surface area contributed by atoms with Gasteiger partial charge in [-0.25, -0.2) is 8.78 Å². The second-order valence-corrected chi connectivity index (χ2v) is 5.93. The number of aliphatic hydroxyl groups excluding tert-OH is 1. The summed E-state index contributed by atoms with van der Waals surface area (Å²) in [6, 6.07) is -0.817. The molecule has 1 amide bonds. The average Bonchev–Trinajstić information content (AvgIpc) is 2.53. The smallest absolute Gasteiger partial charge is 0.262 e. The van der Waals surface area contributed by atoms with Crippen LogP contribution in [0.4, 0.5) is 8.78 Å². The van der Waals surface area contributed by atoms with Crippen LogP contribution in [0, 0.1) is 5.41 Å². The first-order valence-electron chi connectivity index (χ1n) is 6.18. The number of hydrogen-bond donors (Lipinski definition) is 3. The molecule has 6 heteroatoms. The maximum absolute atomic E-state index is 12.9. The molecule has 1 aliphatic rings. The van der Waals surface area contributed by atoms with Gasteiger partial charge in [-0.15, -0.1) is 0 Å². The molecule has 4 nitrogen and oxygen atoms in total. The van der Waals surface area contributed by atoms with E-state index in [0.717, 1.165) is 0 Å². The summed E-state index contributed by atoms with van der Waals surface area (Å²) in [6.45, 7) is 5.43. The molecule has 3 N–H and O–H groups in total. The van der Waals surface area contributed by atoms with Gasteiger partial charge in [-0.3, -0.25) is 10.1 Å². The predicted molar refractivity (Wildman–Crippen MR) is 64.4 cm³/mol. The lowest BCUT2D eigenvalue weighted by atomic mass is 9.87. The van der Waals surface area contributed by atoms with Gasteiger partial charge < -0.3 is 10.4 Å². The fourth-order valence-electron chi connectivity index (χ4n) is 2.22. The highest BCUT2D eigenvalue weighted by molar-refractivity contribution is 5.82. The van der Waals surface area contributed by atoms with Gasteiger partial charge in [0.15, 0.2) is 0 Å². The van der Waals surface area contributed by atoms with Crippen molar-refractivity contribution in [3.05, 3.63) is 0 Å². The Kier molecular flexibility index (Phi) is 4.66. The van der Waals surface area contributed by atoms with Gasteiger partial charge in [0.25, 0.3) is 5.92 Å². The van der Waals surface area contributed by atoms with Crippen LogP contribution in [-0.4, -0.2) is 42.2 Å². The van der Waals surface area contributed by atoms with Gasteiger partial charge in [0.1, 0.15) is 0 Å². The summed E-state index contributed by atoms with van der Waals surface area (Å²) in [5.74, 6) is -3.19. The molecule has 0 aliphatic carbocycles. The first-order valence-corrected chi connectivity index (χ1v) is 6.18. The number of aliphatic hydroxyl groups is 1. The van der Waals surface area contributed by atoms with Crippen LogP contribution in [-0.2, 0) is 4.79 Å². The number of hydrogen-bond acceptors (Lipinski definition) is 3. The number of nitrogens with one attached hydrogen (secondary N) is 2. The van der Waals surface area contributed by atoms with Crippen LogP contribution < -0.4 is 10.6 Å². The lowest BCUT2D eigenvalue weighted by Crippen LogP contribution is -2.44. The molecule has 2 atom stereocenters. The topological polar surface area (TPSA) is 61.4 Å². The quantitative estimate of drug-likeness (QED) is 0.691. The Morgan fingerprint density at radius 3 is 2.67 bits per heavy atom. The van der Waals surface area contributed by atoms with E-state index < -0.39 is 36.9 Å². The molecule has 18 heavy (non-hydrogen) atoms. The Morgan fingerprint density at radius 2 is 2.22 bits per heavy atom. The van der Waals surface area contributed by atoms with Crippen LogP contribution in [0.3, 0.4) is 0 Å². The normalized spacial score (nSPS) is 24.9. The number of alkyl halides is 2. The van der Waals surface area contributed by atoms with Gasteiger partial charge in [-0.2, -0.15) is 0 Å². The monoisotopic (exact) mass is 264 g/mol. The Labute approximate surface area is 106 Å². The third kappa shape index (κ3) is 4.86. The van der Waals surface area contributed by atoms with Gasteiger partial charge in [-0.05, 0) is 18.8 Å². The van der Waals surface area contributed by atoms with E-state index in [4.69, 9.17) is 0 Å². The summed E-state index contributed by atoms with van der Waals surface area (Å²) in [4.78, 5) is 11.7. The molecule has 0 bridgehead atoms. The highest BCUT2D eigenvalue weighted by Crippen LogP contribution is 2.25. The van der Waals surface area contributed by atoms with Crippen molar-refractivity contribution < 1.29 is 18.7 Å². The van der Waals surface area contributed by atoms with Crippen LogP contribution in [0.25, 0.3) is 0 Å². The zero-order valence-electron chi connectivity index (χ0n) is 11.1. The Morgan fingerprint density at radius 1 is 1.61 bits per heavy atom. The lowest BCUT2D eigenvalue weighted by Gasteiger charge is -2.27. The molecule has 0 saturated carbocycles. The van der Waals surface area contributed by atoms with Crippen molar-refractivity contribution in [3.8, 4) is 0 Å². The average molecular weight is 264 g/mol. The molecule has 1 heterocycles. The van der Waals surface area contributed by atoms with Crippen molar-refractivity contribution in [1.29, 1.82) is 0 Å². The van der Waals surface area contributed by atoms with Gasteiger partial charge in [0.2, 0.25) is 5.91 Å². The van der Waals surface area contributed by atoms with E-state index in [1.165, 1.54) is 0 Å². The molecule has 0 aromatic rings. The van der Waals surface area contributed by atoms with E-state index >= 15 is 0 Å². The molecule has 1 rings (SSSR count). The zero-order chi connectivity index (χ0) is 14.0. The second kappa shape index (κ2) is 5.48. The molecule has 0 radical (unpaired) electrons. The molecular weight excluding hydrogens is 242 g/mol. The van der Waals surface area contributed by atoms with Gasteiger partial charge >= 0.3 is 0 Å². The van der Waals surface area contributed by atoms with Crippen molar-refractivity contribution in [2.75, 3.05) is 13.1 Å². The third-order valence-electron chi connectivity index (χ3n) is 3.02. The molecule has 1 aliphatic heterocycles. The minimum absolute atomic E-state index is 0.259. The van der Waals surface area contributed by atoms with E-state index in [0.29, 0.717) is 13.0 Å². The second-order valence-electron chi connectivity index (χ2n) is 5.93. The van der Waals surface area contributed by atoms with Crippen molar-refractivity contribution in [2.45, 2.75) is 51.7 Å². The zero-order valence-corrected chi connectivity index (χ0v) is 11.1. The van der Waals surface area contributed by atoms with Crippen molar-refractivity contribution >= 4 is 5.91 Å².